The number of nitrogens with zero attached hydrogens (tertiary/aromatic N) is 1. The van der Waals surface area contributed by atoms with Crippen molar-refractivity contribution in [1.82, 2.24) is 4.98 Å². The summed E-state index contributed by atoms with van der Waals surface area (Å²) in [6.45, 7) is 1.79. The van der Waals surface area contributed by atoms with E-state index in [2.05, 4.69) is 15.1 Å². The molecule has 0 aliphatic carbocycles. The number of benzene rings is 1. The van der Waals surface area contributed by atoms with Gasteiger partial charge in [0.25, 0.3) is 10.0 Å². The van der Waals surface area contributed by atoms with Crippen molar-refractivity contribution in [3.63, 3.8) is 0 Å². The van der Waals surface area contributed by atoms with Crippen LogP contribution in [0.15, 0.2) is 41.4 Å². The van der Waals surface area contributed by atoms with Gasteiger partial charge in [-0.05, 0) is 42.8 Å². The van der Waals surface area contributed by atoms with E-state index in [4.69, 9.17) is 10.6 Å². The van der Waals surface area contributed by atoms with Crippen LogP contribution in [0.3, 0.4) is 0 Å². The highest BCUT2D eigenvalue weighted by Crippen LogP contribution is 2.23. The lowest BCUT2D eigenvalue weighted by molar-refractivity contribution is 0.414. The zero-order valence-corrected chi connectivity index (χ0v) is 12.4. The van der Waals surface area contributed by atoms with Crippen LogP contribution in [0.1, 0.15) is 5.56 Å². The molecule has 0 amide bonds. The topological polar surface area (TPSA) is 106 Å². The number of hydrazine groups is 1. The molecule has 0 aliphatic rings. The molecule has 0 atom stereocenters. The third kappa shape index (κ3) is 3.41. The van der Waals surface area contributed by atoms with Gasteiger partial charge in [-0.3, -0.25) is 4.72 Å². The molecule has 1 heterocycles. The number of pyridine rings is 1. The second-order valence-electron chi connectivity index (χ2n) is 4.31. The van der Waals surface area contributed by atoms with Gasteiger partial charge in [-0.1, -0.05) is 0 Å². The molecule has 1 aromatic carbocycles. The van der Waals surface area contributed by atoms with E-state index in [1.165, 1.54) is 18.3 Å². The largest absolute Gasteiger partial charge is 0.497 e. The Hall–Kier alpha value is -2.32. The Bertz CT molecular complexity index is 730. The molecule has 1 aromatic heterocycles. The number of anilines is 2. The Morgan fingerprint density at radius 3 is 2.52 bits per heavy atom. The number of hydrogen-bond donors (Lipinski definition) is 3. The number of nitrogens with one attached hydrogen (secondary N) is 2. The van der Waals surface area contributed by atoms with Crippen LogP contribution in [0.25, 0.3) is 0 Å². The molecule has 0 spiro atoms. The van der Waals surface area contributed by atoms with Gasteiger partial charge in [0.15, 0.2) is 0 Å². The van der Waals surface area contributed by atoms with Crippen LogP contribution in [0.4, 0.5) is 11.5 Å². The third-order valence-electron chi connectivity index (χ3n) is 2.87. The summed E-state index contributed by atoms with van der Waals surface area (Å²) in [5.41, 5.74) is 3.58. The van der Waals surface area contributed by atoms with Crippen molar-refractivity contribution < 1.29 is 13.2 Å². The molecule has 0 aliphatic heterocycles. The fraction of sp³-hybridized carbons (Fsp3) is 0.154. The number of aryl methyl sites for hydroxylation is 1. The first kappa shape index (κ1) is 15.1. The van der Waals surface area contributed by atoms with Gasteiger partial charge < -0.3 is 10.2 Å². The fourth-order valence-corrected chi connectivity index (χ4v) is 2.78. The van der Waals surface area contributed by atoms with Crippen LogP contribution in [-0.2, 0) is 10.0 Å². The summed E-state index contributed by atoms with van der Waals surface area (Å²) in [4.78, 5) is 3.93. The van der Waals surface area contributed by atoms with Crippen LogP contribution in [0.5, 0.6) is 5.75 Å². The number of nitrogens with two attached hydrogens (primary N) is 1. The molecule has 2 rings (SSSR count). The van der Waals surface area contributed by atoms with Gasteiger partial charge in [0.05, 0.1) is 12.8 Å². The lowest BCUT2D eigenvalue weighted by Crippen LogP contribution is -2.15. The minimum absolute atomic E-state index is 0.0525. The number of aromatic nitrogens is 1. The predicted molar refractivity (Wildman–Crippen MR) is 80.6 cm³/mol. The van der Waals surface area contributed by atoms with E-state index in [1.807, 2.05) is 0 Å². The van der Waals surface area contributed by atoms with Crippen molar-refractivity contribution in [3.05, 3.63) is 42.1 Å². The maximum Gasteiger partial charge on any atom is 0.263 e. The van der Waals surface area contributed by atoms with Gasteiger partial charge in [0.2, 0.25) is 0 Å². The molecular weight excluding hydrogens is 292 g/mol. The van der Waals surface area contributed by atoms with E-state index in [9.17, 15) is 8.42 Å². The van der Waals surface area contributed by atoms with Crippen LogP contribution in [0.2, 0.25) is 0 Å². The summed E-state index contributed by atoms with van der Waals surface area (Å²) >= 11 is 0. The molecule has 21 heavy (non-hydrogen) atoms. The highest BCUT2D eigenvalue weighted by Gasteiger charge is 2.16. The molecule has 2 aromatic rings. The van der Waals surface area contributed by atoms with Crippen LogP contribution >= 0.6 is 0 Å². The first-order valence-corrected chi connectivity index (χ1v) is 7.54. The zero-order chi connectivity index (χ0) is 15.5. The smallest absolute Gasteiger partial charge is 0.263 e. The maximum absolute atomic E-state index is 12.3. The first-order chi connectivity index (χ1) is 9.96. The third-order valence-corrected chi connectivity index (χ3v) is 4.22. The van der Waals surface area contributed by atoms with E-state index in [1.54, 1.807) is 32.2 Å². The molecule has 8 heteroatoms. The average Bonchev–Trinajstić information content (AvgIpc) is 2.49. The van der Waals surface area contributed by atoms with Crippen LogP contribution < -0.4 is 20.7 Å². The Kier molecular flexibility index (Phi) is 4.29. The molecule has 0 saturated carbocycles. The number of sulfonamides is 1. The van der Waals surface area contributed by atoms with Crippen molar-refractivity contribution in [2.75, 3.05) is 17.3 Å². The molecule has 112 valence electrons. The molecule has 0 bridgehead atoms. The summed E-state index contributed by atoms with van der Waals surface area (Å²) in [7, 11) is -2.15. The lowest BCUT2D eigenvalue weighted by atomic mass is 10.2. The Morgan fingerprint density at radius 1 is 1.24 bits per heavy atom. The maximum atomic E-state index is 12.3. The number of rotatable bonds is 5. The van der Waals surface area contributed by atoms with Crippen molar-refractivity contribution in [3.8, 4) is 5.75 Å². The number of methoxy groups -OCH3 is 1. The average molecular weight is 308 g/mol. The standard InChI is InChI=1S/C13H16N4O3S/c1-9-7-10(20-2)3-5-12(9)17-21(18,19)11-4-6-13(16-14)15-8-11/h3-8,17H,14H2,1-2H3,(H,15,16). The second-order valence-corrected chi connectivity index (χ2v) is 5.99. The number of hydrogen-bond acceptors (Lipinski definition) is 6. The van der Waals surface area contributed by atoms with Crippen LogP contribution in [0, 0.1) is 6.92 Å². The summed E-state index contributed by atoms with van der Waals surface area (Å²) in [6, 6.07) is 7.98. The minimum Gasteiger partial charge on any atom is -0.497 e. The Balaban J connectivity index is 2.28. The van der Waals surface area contributed by atoms with E-state index in [0.717, 1.165) is 5.56 Å². The van der Waals surface area contributed by atoms with E-state index in [-0.39, 0.29) is 4.90 Å². The number of nitrogen functional groups attached to an aromatic ring is 1. The molecule has 7 nitrogen and oxygen atoms in total. The molecule has 0 fully saturated rings. The van der Waals surface area contributed by atoms with Gasteiger partial charge >= 0.3 is 0 Å². The van der Waals surface area contributed by atoms with Gasteiger partial charge in [-0.15, -0.1) is 0 Å². The van der Waals surface area contributed by atoms with Crippen molar-refractivity contribution in [2.45, 2.75) is 11.8 Å². The summed E-state index contributed by atoms with van der Waals surface area (Å²) in [5, 5.41) is 0. The van der Waals surface area contributed by atoms with Crippen molar-refractivity contribution in [2.24, 2.45) is 5.84 Å². The van der Waals surface area contributed by atoms with E-state index >= 15 is 0 Å². The van der Waals surface area contributed by atoms with Gasteiger partial charge in [0, 0.05) is 6.20 Å². The van der Waals surface area contributed by atoms with E-state index < -0.39 is 10.0 Å². The van der Waals surface area contributed by atoms with Crippen LogP contribution in [-0.4, -0.2) is 20.5 Å². The normalized spacial score (nSPS) is 11.0. The quantitative estimate of drug-likeness (QED) is 0.570. The minimum atomic E-state index is -3.70. The van der Waals surface area contributed by atoms with E-state index in [0.29, 0.717) is 17.3 Å². The van der Waals surface area contributed by atoms with Gasteiger partial charge in [-0.2, -0.15) is 0 Å². The molecule has 4 N–H and O–H groups in total. The summed E-state index contributed by atoms with van der Waals surface area (Å²) in [6.07, 6.45) is 1.23. The first-order valence-electron chi connectivity index (χ1n) is 6.06. The monoisotopic (exact) mass is 308 g/mol. The predicted octanol–water partition coefficient (Wildman–Crippen LogP) is 1.49. The second kappa shape index (κ2) is 5.98. The Morgan fingerprint density at radius 2 is 2.00 bits per heavy atom. The lowest BCUT2D eigenvalue weighted by Gasteiger charge is -2.11. The van der Waals surface area contributed by atoms with Gasteiger partial charge in [0.1, 0.15) is 16.5 Å². The highest BCUT2D eigenvalue weighted by atomic mass is 32.2. The highest BCUT2D eigenvalue weighted by molar-refractivity contribution is 7.92. The van der Waals surface area contributed by atoms with Gasteiger partial charge in [-0.25, -0.2) is 19.2 Å². The molecule has 0 radical (unpaired) electrons. The fourth-order valence-electron chi connectivity index (χ4n) is 1.71. The summed E-state index contributed by atoms with van der Waals surface area (Å²) < 4.78 is 32.1. The molecule has 0 unspecified atom stereocenters. The zero-order valence-electron chi connectivity index (χ0n) is 11.6. The Labute approximate surface area is 123 Å². The SMILES string of the molecule is COc1ccc(NS(=O)(=O)c2ccc(NN)nc2)c(C)c1. The number of ether oxygens (including phenoxy) is 1. The van der Waals surface area contributed by atoms with Crippen molar-refractivity contribution >= 4 is 21.5 Å². The summed E-state index contributed by atoms with van der Waals surface area (Å²) in [5.74, 6) is 6.24. The molecular formula is C13H16N4O3S. The van der Waals surface area contributed by atoms with Crippen molar-refractivity contribution in [1.29, 1.82) is 0 Å². The molecule has 0 saturated heterocycles.